The lowest BCUT2D eigenvalue weighted by molar-refractivity contribution is 0.0762. The quantitative estimate of drug-likeness (QED) is 0.531. The minimum Gasteiger partial charge on any atom is -0.497 e. The zero-order chi connectivity index (χ0) is 25.5. The van der Waals surface area contributed by atoms with Crippen molar-refractivity contribution in [1.29, 1.82) is 0 Å². The number of guanidine groups is 1. The van der Waals surface area contributed by atoms with Crippen LogP contribution in [-0.4, -0.2) is 51.4 Å². The topological polar surface area (TPSA) is 91.3 Å². The highest BCUT2D eigenvalue weighted by Crippen LogP contribution is 2.38. The number of hydrogen-bond donors (Lipinski definition) is 1. The summed E-state index contributed by atoms with van der Waals surface area (Å²) in [5, 5.41) is 3.79. The number of carbonyl (C=O) groups is 1. The maximum absolute atomic E-state index is 13.8. The van der Waals surface area contributed by atoms with Gasteiger partial charge in [0.2, 0.25) is 5.96 Å². The van der Waals surface area contributed by atoms with E-state index in [9.17, 15) is 13.2 Å². The number of sulfonamides is 1. The van der Waals surface area contributed by atoms with E-state index in [1.807, 2.05) is 13.8 Å². The van der Waals surface area contributed by atoms with Crippen LogP contribution in [0.3, 0.4) is 0 Å². The molecule has 0 fully saturated rings. The number of anilines is 1. The Bertz CT molecular complexity index is 1360. The highest BCUT2D eigenvalue weighted by atomic mass is 79.9. The SMILES string of the molecule is COc1ccc(N2C(=NC(C)C)NC3=C(CCN(C(=O)c4ccc(Br)c(Cl)c4)C3)S2(=O)=O)c(Cl)c1. The van der Waals surface area contributed by atoms with Crippen LogP contribution in [0.4, 0.5) is 5.69 Å². The molecule has 1 amide bonds. The van der Waals surface area contributed by atoms with Crippen LogP contribution in [0.5, 0.6) is 5.75 Å². The van der Waals surface area contributed by atoms with Gasteiger partial charge in [0.05, 0.1) is 40.0 Å². The van der Waals surface area contributed by atoms with E-state index in [1.54, 1.807) is 41.3 Å². The Morgan fingerprint density at radius 1 is 1.17 bits per heavy atom. The van der Waals surface area contributed by atoms with E-state index in [0.29, 0.717) is 26.5 Å². The Labute approximate surface area is 222 Å². The van der Waals surface area contributed by atoms with E-state index in [0.717, 1.165) is 4.31 Å². The fourth-order valence-electron chi connectivity index (χ4n) is 3.89. The summed E-state index contributed by atoms with van der Waals surface area (Å²) in [6.45, 7) is 4.00. The van der Waals surface area contributed by atoms with Crippen molar-refractivity contribution in [3.63, 3.8) is 0 Å². The summed E-state index contributed by atoms with van der Waals surface area (Å²) in [7, 11) is -2.51. The molecule has 0 bridgehead atoms. The number of nitrogens with zero attached hydrogens (tertiary/aromatic N) is 3. The normalized spacial score (nSPS) is 18.5. The van der Waals surface area contributed by atoms with Crippen LogP contribution in [0.2, 0.25) is 10.0 Å². The van der Waals surface area contributed by atoms with Crippen molar-refractivity contribution in [3.05, 3.63) is 67.1 Å². The second kappa shape index (κ2) is 10.0. The van der Waals surface area contributed by atoms with Crippen LogP contribution in [0.25, 0.3) is 0 Å². The third-order valence-corrected chi connectivity index (χ3v) is 8.97. The number of nitrogens with one attached hydrogen (secondary N) is 1. The van der Waals surface area contributed by atoms with Crippen molar-refractivity contribution in [2.45, 2.75) is 26.3 Å². The highest BCUT2D eigenvalue weighted by Gasteiger charge is 2.42. The fourth-order valence-corrected chi connectivity index (χ4v) is 6.35. The predicted molar refractivity (Wildman–Crippen MR) is 142 cm³/mol. The molecular weight excluding hydrogens is 579 g/mol. The number of rotatable bonds is 4. The summed E-state index contributed by atoms with van der Waals surface area (Å²) >= 11 is 15.9. The zero-order valence-electron chi connectivity index (χ0n) is 19.2. The van der Waals surface area contributed by atoms with Gasteiger partial charge < -0.3 is 15.0 Å². The van der Waals surface area contributed by atoms with E-state index in [2.05, 4.69) is 26.2 Å². The van der Waals surface area contributed by atoms with Gasteiger partial charge in [-0.15, -0.1) is 0 Å². The molecule has 186 valence electrons. The summed E-state index contributed by atoms with van der Waals surface area (Å²) in [5.74, 6) is 0.378. The predicted octanol–water partition coefficient (Wildman–Crippen LogP) is 5.03. The van der Waals surface area contributed by atoms with Crippen molar-refractivity contribution in [1.82, 2.24) is 10.2 Å². The van der Waals surface area contributed by atoms with E-state index in [1.165, 1.54) is 7.11 Å². The molecule has 0 unspecified atom stereocenters. The number of carbonyl (C=O) groups excluding carboxylic acids is 1. The van der Waals surface area contributed by atoms with Gasteiger partial charge in [0.15, 0.2) is 0 Å². The molecule has 4 rings (SSSR count). The van der Waals surface area contributed by atoms with Gasteiger partial charge in [0.25, 0.3) is 15.9 Å². The summed E-state index contributed by atoms with van der Waals surface area (Å²) in [6, 6.07) is 9.52. The highest BCUT2D eigenvalue weighted by molar-refractivity contribution is 9.10. The second-order valence-corrected chi connectivity index (χ2v) is 11.7. The van der Waals surface area contributed by atoms with Crippen LogP contribution in [0.1, 0.15) is 30.6 Å². The van der Waals surface area contributed by atoms with Gasteiger partial charge in [-0.1, -0.05) is 23.2 Å². The molecule has 0 atom stereocenters. The standard InChI is InChI=1S/C23H23BrCl2N4O4S/c1-13(2)27-23-28-19-12-29(22(31)14-4-6-16(24)17(25)10-14)9-8-21(19)35(32,33)30(23)20-7-5-15(34-3)11-18(20)26/h4-7,10-11,13H,8-9,12H2,1-3H3,(H,27,28). The monoisotopic (exact) mass is 600 g/mol. The molecule has 35 heavy (non-hydrogen) atoms. The van der Waals surface area contributed by atoms with Crippen molar-refractivity contribution in [3.8, 4) is 5.75 Å². The number of aliphatic imine (C=N–C) groups is 1. The molecular formula is C23H23BrCl2N4O4S. The molecule has 0 spiro atoms. The van der Waals surface area contributed by atoms with Crippen LogP contribution in [0.15, 0.2) is 56.5 Å². The molecule has 1 N–H and O–H groups in total. The van der Waals surface area contributed by atoms with Crippen molar-refractivity contribution >= 4 is 66.7 Å². The average molecular weight is 602 g/mol. The Balaban J connectivity index is 1.73. The molecule has 2 aliphatic heterocycles. The molecule has 8 nitrogen and oxygen atoms in total. The number of hydrogen-bond acceptors (Lipinski definition) is 5. The molecule has 0 aromatic heterocycles. The molecule has 2 aliphatic rings. The maximum atomic E-state index is 13.8. The molecule has 2 aromatic rings. The number of methoxy groups -OCH3 is 1. The number of amides is 1. The molecule has 2 aromatic carbocycles. The first kappa shape index (κ1) is 25.8. The Hall–Kier alpha value is -2.27. The second-order valence-electron chi connectivity index (χ2n) is 8.27. The smallest absolute Gasteiger partial charge is 0.269 e. The summed E-state index contributed by atoms with van der Waals surface area (Å²) in [6.07, 6.45) is 0.139. The molecule has 0 radical (unpaired) electrons. The van der Waals surface area contributed by atoms with Gasteiger partial charge in [0, 0.05) is 35.1 Å². The van der Waals surface area contributed by atoms with Crippen molar-refractivity contribution in [2.75, 3.05) is 24.5 Å². The zero-order valence-corrected chi connectivity index (χ0v) is 23.1. The molecule has 0 aliphatic carbocycles. The first-order valence-corrected chi connectivity index (χ1v) is 13.7. The molecule has 0 saturated heterocycles. The third-order valence-electron chi connectivity index (χ3n) is 5.51. The summed E-state index contributed by atoms with van der Waals surface area (Å²) in [5.41, 5.74) is 1.09. The van der Waals surface area contributed by atoms with E-state index in [4.69, 9.17) is 27.9 Å². The first-order valence-electron chi connectivity index (χ1n) is 10.7. The lowest BCUT2D eigenvalue weighted by Gasteiger charge is -2.39. The van der Waals surface area contributed by atoms with Crippen LogP contribution >= 0.6 is 39.1 Å². The first-order chi connectivity index (χ1) is 16.5. The van der Waals surface area contributed by atoms with Gasteiger partial charge in [-0.2, -0.15) is 0 Å². The van der Waals surface area contributed by atoms with Crippen molar-refractivity contribution < 1.29 is 17.9 Å². The Kier molecular flexibility index (Phi) is 7.38. The fraction of sp³-hybridized carbons (Fsp3) is 0.304. The van der Waals surface area contributed by atoms with Gasteiger partial charge in [-0.25, -0.2) is 17.7 Å². The minimum absolute atomic E-state index is 0.0857. The van der Waals surface area contributed by atoms with Crippen LogP contribution in [-0.2, 0) is 10.0 Å². The van der Waals surface area contributed by atoms with E-state index < -0.39 is 10.0 Å². The Morgan fingerprint density at radius 2 is 1.91 bits per heavy atom. The van der Waals surface area contributed by atoms with Gasteiger partial charge in [-0.3, -0.25) is 4.79 Å². The lowest BCUT2D eigenvalue weighted by atomic mass is 10.1. The summed E-state index contributed by atoms with van der Waals surface area (Å²) in [4.78, 5) is 19.4. The number of ether oxygens (including phenoxy) is 1. The molecule has 2 heterocycles. The van der Waals surface area contributed by atoms with Crippen LogP contribution < -0.4 is 14.4 Å². The molecule has 12 heteroatoms. The van der Waals surface area contributed by atoms with Crippen LogP contribution in [0, 0.1) is 0 Å². The van der Waals surface area contributed by atoms with Gasteiger partial charge in [-0.05, 0) is 60.1 Å². The third kappa shape index (κ3) is 5.02. The average Bonchev–Trinajstić information content (AvgIpc) is 2.80. The number of benzene rings is 2. The lowest BCUT2D eigenvalue weighted by Crippen LogP contribution is -2.55. The van der Waals surface area contributed by atoms with Gasteiger partial charge in [0.1, 0.15) is 5.75 Å². The minimum atomic E-state index is -4.01. The summed E-state index contributed by atoms with van der Waals surface area (Å²) < 4.78 is 34.6. The maximum Gasteiger partial charge on any atom is 0.269 e. The van der Waals surface area contributed by atoms with Gasteiger partial charge >= 0.3 is 0 Å². The molecule has 0 saturated carbocycles. The van der Waals surface area contributed by atoms with Crippen molar-refractivity contribution in [2.24, 2.45) is 4.99 Å². The van der Waals surface area contributed by atoms with E-state index in [-0.39, 0.29) is 53.0 Å². The van der Waals surface area contributed by atoms with E-state index >= 15 is 0 Å². The number of halogens is 3. The Morgan fingerprint density at radius 3 is 2.54 bits per heavy atom. The largest absolute Gasteiger partial charge is 0.497 e.